The zero-order chi connectivity index (χ0) is 11.3. The van der Waals surface area contributed by atoms with Crippen molar-refractivity contribution in [3.05, 3.63) is 35.9 Å². The lowest BCUT2D eigenvalue weighted by molar-refractivity contribution is -0.0472. The molecule has 0 aliphatic carbocycles. The van der Waals surface area contributed by atoms with Gasteiger partial charge in [-0.3, -0.25) is 0 Å². The number of ether oxygens (including phenoxy) is 1. The highest BCUT2D eigenvalue weighted by atomic mass is 16.5. The Labute approximate surface area is 92.4 Å². The molecule has 15 heavy (non-hydrogen) atoms. The fourth-order valence-corrected chi connectivity index (χ4v) is 1.75. The maximum atomic E-state index is 6.25. The van der Waals surface area contributed by atoms with Crippen LogP contribution in [0.25, 0.3) is 0 Å². The van der Waals surface area contributed by atoms with Gasteiger partial charge in [0.25, 0.3) is 0 Å². The summed E-state index contributed by atoms with van der Waals surface area (Å²) >= 11 is 0. The predicted octanol–water partition coefficient (Wildman–Crippen LogP) is 2.89. The zero-order valence-corrected chi connectivity index (χ0v) is 9.86. The highest BCUT2D eigenvalue weighted by molar-refractivity contribution is 5.21. The average molecular weight is 207 g/mol. The first-order valence-corrected chi connectivity index (χ1v) is 5.58. The van der Waals surface area contributed by atoms with E-state index < -0.39 is 0 Å². The Bertz CT molecular complexity index is 286. The number of benzene rings is 1. The average Bonchev–Trinajstić information content (AvgIpc) is 2.29. The molecule has 2 heteroatoms. The summed E-state index contributed by atoms with van der Waals surface area (Å²) in [6.07, 6.45) is 0.914. The first-order valence-electron chi connectivity index (χ1n) is 5.58. The molecule has 0 fully saturated rings. The van der Waals surface area contributed by atoms with Crippen molar-refractivity contribution in [2.75, 3.05) is 6.61 Å². The minimum atomic E-state index is -0.268. The number of nitrogens with two attached hydrogens (primary N) is 1. The van der Waals surface area contributed by atoms with E-state index in [9.17, 15) is 0 Å². The minimum absolute atomic E-state index is 0.0661. The Balaban J connectivity index is 2.86. The van der Waals surface area contributed by atoms with E-state index in [1.54, 1.807) is 0 Å². The highest BCUT2D eigenvalue weighted by Crippen LogP contribution is 2.29. The van der Waals surface area contributed by atoms with Gasteiger partial charge in [0, 0.05) is 6.61 Å². The molecule has 0 aromatic heterocycles. The molecule has 0 aliphatic heterocycles. The maximum absolute atomic E-state index is 6.25. The summed E-state index contributed by atoms with van der Waals surface area (Å²) < 4.78 is 5.77. The van der Waals surface area contributed by atoms with E-state index >= 15 is 0 Å². The van der Waals surface area contributed by atoms with Gasteiger partial charge in [-0.2, -0.15) is 0 Å². The lowest BCUT2D eigenvalue weighted by Gasteiger charge is -2.34. The van der Waals surface area contributed by atoms with E-state index in [0.29, 0.717) is 6.61 Å². The third-order valence-corrected chi connectivity index (χ3v) is 2.99. The first kappa shape index (κ1) is 12.2. The van der Waals surface area contributed by atoms with Gasteiger partial charge >= 0.3 is 0 Å². The summed E-state index contributed by atoms with van der Waals surface area (Å²) in [5, 5.41) is 0. The minimum Gasteiger partial charge on any atom is -0.374 e. The predicted molar refractivity (Wildman–Crippen MR) is 63.7 cm³/mol. The highest BCUT2D eigenvalue weighted by Gasteiger charge is 2.31. The molecule has 1 rings (SSSR count). The van der Waals surface area contributed by atoms with Crippen LogP contribution in [0.5, 0.6) is 0 Å². The van der Waals surface area contributed by atoms with Crippen molar-refractivity contribution in [3.8, 4) is 0 Å². The van der Waals surface area contributed by atoms with Crippen molar-refractivity contribution in [2.24, 2.45) is 5.73 Å². The lowest BCUT2D eigenvalue weighted by atomic mass is 9.88. The van der Waals surface area contributed by atoms with E-state index in [2.05, 4.69) is 26.0 Å². The van der Waals surface area contributed by atoms with E-state index in [1.165, 1.54) is 0 Å². The standard InChI is InChI=1S/C13H21NO/c1-4-13(3,15-5-2)12(14)11-9-7-6-8-10-11/h6-10,12H,4-5,14H2,1-3H3. The third kappa shape index (κ3) is 2.80. The van der Waals surface area contributed by atoms with E-state index in [4.69, 9.17) is 10.5 Å². The molecular formula is C13H21NO. The molecule has 0 saturated carbocycles. The van der Waals surface area contributed by atoms with Crippen LogP contribution in [0.4, 0.5) is 0 Å². The largest absolute Gasteiger partial charge is 0.374 e. The van der Waals surface area contributed by atoms with E-state index in [-0.39, 0.29) is 11.6 Å². The van der Waals surface area contributed by atoms with Gasteiger partial charge in [-0.15, -0.1) is 0 Å². The Morgan fingerprint density at radius 1 is 1.27 bits per heavy atom. The van der Waals surface area contributed by atoms with Gasteiger partial charge in [-0.25, -0.2) is 0 Å². The quantitative estimate of drug-likeness (QED) is 0.805. The maximum Gasteiger partial charge on any atom is 0.0843 e. The molecule has 0 spiro atoms. The van der Waals surface area contributed by atoms with Crippen LogP contribution in [0.2, 0.25) is 0 Å². The Morgan fingerprint density at radius 3 is 2.33 bits per heavy atom. The van der Waals surface area contributed by atoms with Crippen LogP contribution in [-0.4, -0.2) is 12.2 Å². The van der Waals surface area contributed by atoms with Crippen molar-refractivity contribution in [2.45, 2.75) is 38.8 Å². The van der Waals surface area contributed by atoms with E-state index in [0.717, 1.165) is 12.0 Å². The second kappa shape index (κ2) is 5.29. The molecule has 0 radical (unpaired) electrons. The molecule has 0 heterocycles. The second-order valence-corrected chi connectivity index (χ2v) is 3.99. The fraction of sp³-hybridized carbons (Fsp3) is 0.538. The van der Waals surface area contributed by atoms with Gasteiger partial charge in [0.1, 0.15) is 0 Å². The van der Waals surface area contributed by atoms with Gasteiger partial charge in [0.05, 0.1) is 11.6 Å². The Kier molecular flexibility index (Phi) is 4.30. The van der Waals surface area contributed by atoms with Gasteiger partial charge < -0.3 is 10.5 Å². The molecule has 0 aliphatic rings. The molecule has 0 saturated heterocycles. The van der Waals surface area contributed by atoms with Crippen molar-refractivity contribution < 1.29 is 4.74 Å². The van der Waals surface area contributed by atoms with Crippen LogP contribution < -0.4 is 5.73 Å². The molecule has 2 unspecified atom stereocenters. The van der Waals surface area contributed by atoms with Crippen LogP contribution in [0.3, 0.4) is 0 Å². The zero-order valence-electron chi connectivity index (χ0n) is 9.86. The summed E-state index contributed by atoms with van der Waals surface area (Å²) in [4.78, 5) is 0. The van der Waals surface area contributed by atoms with Gasteiger partial charge in [-0.1, -0.05) is 37.3 Å². The van der Waals surface area contributed by atoms with Crippen LogP contribution >= 0.6 is 0 Å². The summed E-state index contributed by atoms with van der Waals surface area (Å²) in [6.45, 7) is 6.89. The van der Waals surface area contributed by atoms with Gasteiger partial charge in [0.15, 0.2) is 0 Å². The molecule has 1 aromatic carbocycles. The van der Waals surface area contributed by atoms with Crippen LogP contribution in [0.1, 0.15) is 38.8 Å². The monoisotopic (exact) mass is 207 g/mol. The third-order valence-electron chi connectivity index (χ3n) is 2.99. The van der Waals surface area contributed by atoms with Crippen molar-refractivity contribution >= 4 is 0 Å². The Morgan fingerprint density at radius 2 is 1.87 bits per heavy atom. The SMILES string of the molecule is CCOC(C)(CC)C(N)c1ccccc1. The van der Waals surface area contributed by atoms with Crippen LogP contribution in [0.15, 0.2) is 30.3 Å². The van der Waals surface area contributed by atoms with Gasteiger partial charge in [0.2, 0.25) is 0 Å². The molecule has 2 N–H and O–H groups in total. The summed E-state index contributed by atoms with van der Waals surface area (Å²) in [5.74, 6) is 0. The topological polar surface area (TPSA) is 35.2 Å². The normalized spacial score (nSPS) is 17.1. The van der Waals surface area contributed by atoms with Crippen molar-refractivity contribution in [3.63, 3.8) is 0 Å². The number of hydrogen-bond acceptors (Lipinski definition) is 2. The number of rotatable bonds is 5. The smallest absolute Gasteiger partial charge is 0.0843 e. The van der Waals surface area contributed by atoms with Crippen LogP contribution in [-0.2, 0) is 4.74 Å². The summed E-state index contributed by atoms with van der Waals surface area (Å²) in [7, 11) is 0. The number of hydrogen-bond donors (Lipinski definition) is 1. The first-order chi connectivity index (χ1) is 7.14. The van der Waals surface area contributed by atoms with E-state index in [1.807, 2.05) is 25.1 Å². The molecule has 2 atom stereocenters. The molecular weight excluding hydrogens is 186 g/mol. The fourth-order valence-electron chi connectivity index (χ4n) is 1.75. The van der Waals surface area contributed by atoms with Gasteiger partial charge in [-0.05, 0) is 25.8 Å². The second-order valence-electron chi connectivity index (χ2n) is 3.99. The van der Waals surface area contributed by atoms with Crippen molar-refractivity contribution in [1.82, 2.24) is 0 Å². The Hall–Kier alpha value is -0.860. The summed E-state index contributed by atoms with van der Waals surface area (Å²) in [6, 6.07) is 10.1. The molecule has 2 nitrogen and oxygen atoms in total. The van der Waals surface area contributed by atoms with Crippen LogP contribution in [0, 0.1) is 0 Å². The summed E-state index contributed by atoms with van der Waals surface area (Å²) in [5.41, 5.74) is 7.11. The molecule has 1 aromatic rings. The molecule has 0 amide bonds. The molecule has 0 bridgehead atoms. The lowest BCUT2D eigenvalue weighted by Crippen LogP contribution is -2.40. The van der Waals surface area contributed by atoms with Crippen molar-refractivity contribution in [1.29, 1.82) is 0 Å². The molecule has 84 valence electrons.